The third kappa shape index (κ3) is 3.86. The molecule has 1 atom stereocenters. The first-order valence-corrected chi connectivity index (χ1v) is 9.59. The van der Waals surface area contributed by atoms with Crippen molar-refractivity contribution in [2.75, 3.05) is 13.1 Å². The van der Waals surface area contributed by atoms with Gasteiger partial charge < -0.3 is 14.8 Å². The van der Waals surface area contributed by atoms with Gasteiger partial charge >= 0.3 is 6.03 Å². The Kier molecular flexibility index (Phi) is 5.16. The maximum Gasteiger partial charge on any atom is 0.318 e. The molecule has 4 rings (SSSR count). The van der Waals surface area contributed by atoms with Gasteiger partial charge in [-0.1, -0.05) is 54.1 Å². The Morgan fingerprint density at radius 3 is 2.56 bits per heavy atom. The lowest BCUT2D eigenvalue weighted by Gasteiger charge is -2.37. The normalized spacial score (nSPS) is 16.0. The highest BCUT2D eigenvalue weighted by molar-refractivity contribution is 6.30. The van der Waals surface area contributed by atoms with E-state index in [0.717, 1.165) is 24.2 Å². The molecule has 5 heteroatoms. The van der Waals surface area contributed by atoms with Gasteiger partial charge in [0.15, 0.2) is 0 Å². The van der Waals surface area contributed by atoms with Crippen molar-refractivity contribution in [3.63, 3.8) is 0 Å². The van der Waals surface area contributed by atoms with Crippen LogP contribution in [0.15, 0.2) is 72.9 Å². The van der Waals surface area contributed by atoms with Crippen LogP contribution in [0.4, 0.5) is 4.79 Å². The zero-order valence-corrected chi connectivity index (χ0v) is 15.8. The van der Waals surface area contributed by atoms with Gasteiger partial charge in [-0.25, -0.2) is 4.79 Å². The Hall–Kier alpha value is -2.72. The third-order valence-corrected chi connectivity index (χ3v) is 5.27. The average molecular weight is 380 g/mol. The molecule has 0 unspecified atom stereocenters. The summed E-state index contributed by atoms with van der Waals surface area (Å²) in [6.45, 7) is 2.10. The molecular weight excluding hydrogens is 358 g/mol. The van der Waals surface area contributed by atoms with Crippen LogP contribution in [0.2, 0.25) is 5.02 Å². The smallest absolute Gasteiger partial charge is 0.318 e. The van der Waals surface area contributed by atoms with Gasteiger partial charge in [-0.3, -0.25) is 0 Å². The number of halogens is 1. The number of nitrogens with one attached hydrogen (secondary N) is 1. The summed E-state index contributed by atoms with van der Waals surface area (Å²) < 4.78 is 2.22. The second-order valence-electron chi connectivity index (χ2n) is 6.74. The molecule has 0 radical (unpaired) electrons. The minimum Gasteiger partial charge on any atom is -0.348 e. The van der Waals surface area contributed by atoms with Gasteiger partial charge in [0.1, 0.15) is 0 Å². The fourth-order valence-electron chi connectivity index (χ4n) is 3.66. The van der Waals surface area contributed by atoms with Crippen LogP contribution in [0.3, 0.4) is 0 Å². The fourth-order valence-corrected chi connectivity index (χ4v) is 3.78. The molecule has 0 saturated carbocycles. The summed E-state index contributed by atoms with van der Waals surface area (Å²) in [5, 5.41) is 3.78. The quantitative estimate of drug-likeness (QED) is 0.712. The first kappa shape index (κ1) is 17.7. The molecule has 1 aliphatic heterocycles. The SMILES string of the molecule is O=C(NCCc1ccccc1)N1CCn2cccc2[C@H]1c1ccc(Cl)cc1. The van der Waals surface area contributed by atoms with Crippen LogP contribution in [0.25, 0.3) is 0 Å². The molecule has 27 heavy (non-hydrogen) atoms. The summed E-state index contributed by atoms with van der Waals surface area (Å²) in [6, 6.07) is 21.9. The molecule has 0 saturated heterocycles. The maximum atomic E-state index is 13.0. The Morgan fingerprint density at radius 1 is 1.00 bits per heavy atom. The number of aromatic nitrogens is 1. The first-order valence-electron chi connectivity index (χ1n) is 9.21. The van der Waals surface area contributed by atoms with Gasteiger partial charge in [0.05, 0.1) is 6.04 Å². The monoisotopic (exact) mass is 379 g/mol. The minimum atomic E-state index is -0.109. The van der Waals surface area contributed by atoms with Crippen molar-refractivity contribution in [3.8, 4) is 0 Å². The van der Waals surface area contributed by atoms with E-state index in [1.54, 1.807) is 0 Å². The van der Waals surface area contributed by atoms with E-state index < -0.39 is 0 Å². The summed E-state index contributed by atoms with van der Waals surface area (Å²) >= 11 is 6.06. The van der Waals surface area contributed by atoms with Crippen LogP contribution < -0.4 is 5.32 Å². The molecule has 138 valence electrons. The third-order valence-electron chi connectivity index (χ3n) is 5.02. The molecule has 2 heterocycles. The second kappa shape index (κ2) is 7.89. The summed E-state index contributed by atoms with van der Waals surface area (Å²) in [6.07, 6.45) is 2.89. The van der Waals surface area contributed by atoms with Crippen molar-refractivity contribution in [2.45, 2.75) is 19.0 Å². The topological polar surface area (TPSA) is 37.3 Å². The number of amides is 2. The van der Waals surface area contributed by atoms with Crippen LogP contribution in [-0.2, 0) is 13.0 Å². The molecule has 0 fully saturated rings. The van der Waals surface area contributed by atoms with Crippen molar-refractivity contribution in [1.82, 2.24) is 14.8 Å². The Morgan fingerprint density at radius 2 is 1.78 bits per heavy atom. The molecular formula is C22H22ClN3O. The van der Waals surface area contributed by atoms with E-state index in [2.05, 4.69) is 34.3 Å². The summed E-state index contributed by atoms with van der Waals surface area (Å²) in [4.78, 5) is 14.9. The molecule has 0 bridgehead atoms. The zero-order valence-electron chi connectivity index (χ0n) is 15.0. The molecule has 2 amide bonds. The molecule has 0 aliphatic carbocycles. The van der Waals surface area contributed by atoms with Crippen molar-refractivity contribution in [1.29, 1.82) is 0 Å². The molecule has 3 aromatic rings. The lowest BCUT2D eigenvalue weighted by Crippen LogP contribution is -2.47. The van der Waals surface area contributed by atoms with E-state index >= 15 is 0 Å². The van der Waals surface area contributed by atoms with Crippen LogP contribution >= 0.6 is 11.6 Å². The summed E-state index contributed by atoms with van der Waals surface area (Å²) in [5.74, 6) is 0. The average Bonchev–Trinajstić information content (AvgIpc) is 3.17. The Labute approximate surface area is 164 Å². The van der Waals surface area contributed by atoms with Crippen LogP contribution in [0.1, 0.15) is 22.9 Å². The van der Waals surface area contributed by atoms with Crippen molar-refractivity contribution >= 4 is 17.6 Å². The number of urea groups is 1. The first-order chi connectivity index (χ1) is 13.2. The Balaban J connectivity index is 1.51. The Bertz CT molecular complexity index is 905. The number of rotatable bonds is 4. The van der Waals surface area contributed by atoms with E-state index in [0.29, 0.717) is 18.1 Å². The van der Waals surface area contributed by atoms with Gasteiger partial charge in [0, 0.05) is 36.5 Å². The van der Waals surface area contributed by atoms with Crippen LogP contribution in [0, 0.1) is 0 Å². The predicted octanol–water partition coefficient (Wildman–Crippen LogP) is 4.50. The molecule has 1 aliphatic rings. The van der Waals surface area contributed by atoms with Crippen LogP contribution in [0.5, 0.6) is 0 Å². The maximum absolute atomic E-state index is 13.0. The molecule has 0 spiro atoms. The highest BCUT2D eigenvalue weighted by Crippen LogP contribution is 2.32. The molecule has 4 nitrogen and oxygen atoms in total. The molecule has 1 aromatic heterocycles. The van der Waals surface area contributed by atoms with E-state index in [-0.39, 0.29) is 12.1 Å². The van der Waals surface area contributed by atoms with Gasteiger partial charge in [0.2, 0.25) is 0 Å². The highest BCUT2D eigenvalue weighted by Gasteiger charge is 2.31. The van der Waals surface area contributed by atoms with Gasteiger partial charge in [-0.2, -0.15) is 0 Å². The van der Waals surface area contributed by atoms with Crippen molar-refractivity contribution in [3.05, 3.63) is 94.8 Å². The van der Waals surface area contributed by atoms with Crippen molar-refractivity contribution < 1.29 is 4.79 Å². The van der Waals surface area contributed by atoms with Gasteiger partial charge in [0.25, 0.3) is 0 Å². The van der Waals surface area contributed by atoms with E-state index in [1.165, 1.54) is 5.56 Å². The zero-order chi connectivity index (χ0) is 18.6. The van der Waals surface area contributed by atoms with E-state index in [9.17, 15) is 4.79 Å². The largest absolute Gasteiger partial charge is 0.348 e. The second-order valence-corrected chi connectivity index (χ2v) is 7.18. The number of fused-ring (bicyclic) bond motifs is 1. The van der Waals surface area contributed by atoms with E-state index in [4.69, 9.17) is 11.6 Å². The lowest BCUT2D eigenvalue weighted by atomic mass is 10.0. The highest BCUT2D eigenvalue weighted by atomic mass is 35.5. The standard InChI is InChI=1S/C22H22ClN3O/c23-19-10-8-18(9-11-19)21-20-7-4-14-25(20)15-16-26(21)22(27)24-13-12-17-5-2-1-3-6-17/h1-11,14,21H,12-13,15-16H2,(H,24,27)/t21-/m1/s1. The number of carbonyl (C=O) groups is 1. The predicted molar refractivity (Wildman–Crippen MR) is 108 cm³/mol. The fraction of sp³-hybridized carbons (Fsp3) is 0.227. The summed E-state index contributed by atoms with van der Waals surface area (Å²) in [7, 11) is 0. The summed E-state index contributed by atoms with van der Waals surface area (Å²) in [5.41, 5.74) is 3.42. The molecule has 1 N–H and O–H groups in total. The minimum absolute atomic E-state index is 0.0293. The van der Waals surface area contributed by atoms with Crippen molar-refractivity contribution in [2.24, 2.45) is 0 Å². The van der Waals surface area contributed by atoms with E-state index in [1.807, 2.05) is 53.4 Å². The van der Waals surface area contributed by atoms with Gasteiger partial charge in [-0.05, 0) is 41.8 Å². The molecule has 2 aromatic carbocycles. The number of carbonyl (C=O) groups excluding carboxylic acids is 1. The lowest BCUT2D eigenvalue weighted by molar-refractivity contribution is 0.169. The van der Waals surface area contributed by atoms with Gasteiger partial charge in [-0.15, -0.1) is 0 Å². The number of nitrogens with zero attached hydrogens (tertiary/aromatic N) is 2. The van der Waals surface area contributed by atoms with Crippen LogP contribution in [-0.4, -0.2) is 28.6 Å². The number of benzene rings is 2. The number of hydrogen-bond acceptors (Lipinski definition) is 1. The number of hydrogen-bond donors (Lipinski definition) is 1.